The Kier molecular flexibility index (Phi) is 34.3. The molecule has 3 saturated heterocycles. The second kappa shape index (κ2) is 34.7. The fourth-order valence-corrected chi connectivity index (χ4v) is 7.88. The fourth-order valence-electron chi connectivity index (χ4n) is 7.88. The third-order valence-electron chi connectivity index (χ3n) is 11.7. The molecule has 1 saturated carbocycles. The molecule has 1 amide bonds. The first-order valence-electron chi connectivity index (χ1n) is 23.6. The van der Waals surface area contributed by atoms with Crippen LogP contribution in [0.3, 0.4) is 0 Å². The van der Waals surface area contributed by atoms with Crippen LogP contribution in [-0.2, 0) is 28.5 Å². The van der Waals surface area contributed by atoms with Gasteiger partial charge in [-0.3, -0.25) is 9.59 Å². The van der Waals surface area contributed by atoms with Gasteiger partial charge in [-0.05, 0) is 102 Å². The number of aliphatic hydroxyl groups excluding tert-OH is 2. The van der Waals surface area contributed by atoms with Gasteiger partial charge in [0.25, 0.3) is 17.5 Å². The number of unbranched alkanes of at least 4 members (excludes halogenated alkanes) is 1. The zero-order valence-corrected chi connectivity index (χ0v) is 43.0. The normalized spacial score (nSPS) is 27.3. The predicted molar refractivity (Wildman–Crippen MR) is 237 cm³/mol. The van der Waals surface area contributed by atoms with E-state index in [9.17, 15) is 24.9 Å². The maximum Gasteiger partial charge on any atom is 1.00 e. The van der Waals surface area contributed by atoms with Gasteiger partial charge in [-0.15, -0.1) is 0 Å². The molecule has 4 heterocycles. The molecule has 60 heavy (non-hydrogen) atoms. The van der Waals surface area contributed by atoms with Crippen LogP contribution in [0.5, 0.6) is 0 Å². The number of fused-ring (bicyclic) bond motifs is 1. The van der Waals surface area contributed by atoms with Crippen LogP contribution < -0.4 is 56.5 Å². The van der Waals surface area contributed by atoms with Gasteiger partial charge >= 0.3 is 51.4 Å². The molecule has 4 fully saturated rings. The van der Waals surface area contributed by atoms with Crippen LogP contribution in [0.2, 0.25) is 0 Å². The number of carbonyl (C=O) groups excluding carboxylic acids is 2. The molecule has 8 unspecified atom stereocenters. The quantitative estimate of drug-likeness (QED) is 0.0509. The third kappa shape index (κ3) is 20.9. The molecule has 5 rings (SSSR count). The number of ether oxygens (including phenoxy) is 4. The minimum absolute atomic E-state index is 0. The number of amides is 1. The predicted octanol–water partition coefficient (Wildman–Crippen LogP) is 6.66. The van der Waals surface area contributed by atoms with Crippen LogP contribution in [0, 0.1) is 11.8 Å². The molecule has 4 aliphatic heterocycles. The van der Waals surface area contributed by atoms with E-state index < -0.39 is 35.9 Å². The number of likely N-dealkylation sites (tertiary alicyclic amines) is 1. The van der Waals surface area contributed by atoms with E-state index in [-0.39, 0.29) is 69.5 Å². The summed E-state index contributed by atoms with van der Waals surface area (Å²) in [6.07, 6.45) is 28.0. The van der Waals surface area contributed by atoms with Gasteiger partial charge in [0.1, 0.15) is 24.1 Å². The molecule has 2 N–H and O–H groups in total. The Hall–Kier alpha value is -0.704. The van der Waals surface area contributed by atoms with E-state index in [4.69, 9.17) is 18.9 Å². The van der Waals surface area contributed by atoms with Gasteiger partial charge in [0, 0.05) is 26.5 Å². The first kappa shape index (κ1) is 59.3. The minimum Gasteiger partial charge on any atom is -0.836 e. The number of hydrogen-bond donors (Lipinski definition) is 2. The molecule has 10 nitrogen and oxygen atoms in total. The van der Waals surface area contributed by atoms with Crippen molar-refractivity contribution in [3.8, 4) is 0 Å². The van der Waals surface area contributed by atoms with Crippen molar-refractivity contribution in [3.63, 3.8) is 0 Å². The number of rotatable bonds is 18. The molecule has 9 atom stereocenters. The molecule has 1 aliphatic carbocycles. The number of allylic oxidation sites excluding steroid dienone is 6. The van der Waals surface area contributed by atoms with Crippen LogP contribution in [0.25, 0.3) is 0 Å². The number of epoxide rings is 1. The molecule has 0 radical (unpaired) electrons. The van der Waals surface area contributed by atoms with E-state index in [1.165, 1.54) is 50.5 Å². The van der Waals surface area contributed by atoms with Gasteiger partial charge in [0.15, 0.2) is 0 Å². The van der Waals surface area contributed by atoms with Crippen molar-refractivity contribution in [2.45, 2.75) is 220 Å². The van der Waals surface area contributed by atoms with Gasteiger partial charge < -0.3 is 39.2 Å². The second-order valence-corrected chi connectivity index (χ2v) is 15.9. The summed E-state index contributed by atoms with van der Waals surface area (Å²) in [5.41, 5.74) is 1.37. The summed E-state index contributed by atoms with van der Waals surface area (Å²) in [5.74, 6) is -1.18. The van der Waals surface area contributed by atoms with Crippen molar-refractivity contribution in [2.75, 3.05) is 20.3 Å². The second-order valence-electron chi connectivity index (χ2n) is 15.9. The number of Topliss-reactive ketones (excluding diaryl/α,β-unsaturated/α-hetero) is 1. The number of ketones is 1. The molecule has 0 aromatic rings. The number of hydrogen-bond acceptors (Lipinski definition) is 9. The molecule has 0 spiro atoms. The van der Waals surface area contributed by atoms with Crippen molar-refractivity contribution in [3.05, 3.63) is 47.8 Å². The zero-order valence-electron chi connectivity index (χ0n) is 39.9. The fraction of sp³-hybridized carbons (Fsp3) is 0.796. The average Bonchev–Trinajstić information content (AvgIpc) is 3.86. The zero-order chi connectivity index (χ0) is 44.2. The Balaban J connectivity index is 0.00000116. The largest absolute Gasteiger partial charge is 1.00 e. The number of piperidine rings is 1. The molecule has 342 valence electrons. The number of aliphatic hydroxyl groups is 2. The number of methoxy groups -OCH3 is 1. The molecule has 0 aromatic carbocycles. The summed E-state index contributed by atoms with van der Waals surface area (Å²) in [4.78, 5) is 25.3. The average molecular weight is 872 g/mol. The van der Waals surface area contributed by atoms with Gasteiger partial charge in [-0.25, -0.2) is 0 Å². The summed E-state index contributed by atoms with van der Waals surface area (Å²) in [7, 11) is 1.84. The number of carbonyl (C=O) groups is 2. The summed E-state index contributed by atoms with van der Waals surface area (Å²) >= 11 is 0. The maximum absolute atomic E-state index is 12.1. The Morgan fingerprint density at radius 3 is 2.37 bits per heavy atom. The van der Waals surface area contributed by atoms with E-state index in [0.29, 0.717) is 37.9 Å². The molecule has 5 aliphatic rings. The third-order valence-corrected chi connectivity index (χ3v) is 11.7. The van der Waals surface area contributed by atoms with E-state index in [0.717, 1.165) is 68.6 Å². The van der Waals surface area contributed by atoms with Crippen molar-refractivity contribution in [1.29, 1.82) is 0 Å². The minimum atomic E-state index is -1.35. The van der Waals surface area contributed by atoms with Gasteiger partial charge in [0.05, 0.1) is 18.8 Å². The summed E-state index contributed by atoms with van der Waals surface area (Å²) in [5, 5.41) is 32.9. The van der Waals surface area contributed by atoms with Crippen molar-refractivity contribution >= 4 is 11.7 Å². The van der Waals surface area contributed by atoms with Crippen LogP contribution in [0.1, 0.15) is 178 Å². The molecule has 11 heteroatoms. The van der Waals surface area contributed by atoms with Crippen molar-refractivity contribution in [1.82, 2.24) is 4.90 Å². The Bertz CT molecular complexity index is 1270. The smallest absolute Gasteiger partial charge is 0.836 e. The summed E-state index contributed by atoms with van der Waals surface area (Å²) < 4.78 is 22.2. The van der Waals surface area contributed by atoms with Crippen LogP contribution in [0.4, 0.5) is 0 Å². The monoisotopic (exact) mass is 872 g/mol. The van der Waals surface area contributed by atoms with E-state index in [1.807, 2.05) is 54.7 Å². The first-order valence-corrected chi connectivity index (χ1v) is 23.6. The maximum atomic E-state index is 12.1. The van der Waals surface area contributed by atoms with Crippen molar-refractivity contribution in [2.24, 2.45) is 11.8 Å². The van der Waals surface area contributed by atoms with Crippen LogP contribution in [0.15, 0.2) is 47.8 Å². The summed E-state index contributed by atoms with van der Waals surface area (Å²) in [6, 6.07) is 0. The molecule has 0 aromatic heterocycles. The Morgan fingerprint density at radius 2 is 1.70 bits per heavy atom. The Labute approximate surface area is 408 Å². The van der Waals surface area contributed by atoms with Crippen molar-refractivity contribution < 1.29 is 95.2 Å². The first-order chi connectivity index (χ1) is 28.6. The molecular formula is C49H86KNO9. The van der Waals surface area contributed by atoms with E-state index in [1.54, 1.807) is 0 Å². The van der Waals surface area contributed by atoms with Gasteiger partial charge in [-0.2, -0.15) is 0 Å². The SMILES string of the molecule is CC.CC.CC.CC/C(C)=C/C=C/C=C/CC[C@@H](C)C(O)CC(O)C1=CCC(CCCCC2CCCC(OC)C2)O1.O=C(C(=O)C12OCCCC1O2)N1CCCCC1[O-].[K+]. The topological polar surface area (TPSA) is 141 Å². The molecule has 0 bridgehead atoms. The van der Waals surface area contributed by atoms with E-state index >= 15 is 0 Å². The standard InChI is InChI=1S/C31H52O4.C12H16NO5.3C2H6.K/c1-5-24(2)14-9-7-6-8-10-15-25(3)29(32)23-30(33)31-21-20-27(35-31)18-12-11-16-26-17-13-19-28(22-26)34-4;14-9-5-1-2-6-13(9)11(16)10(15)12-8(18-12)4-3-7-17-12;3*1-2;/h6-9,14,21,25-30,32-33H,5,10-13,15-20,22-23H2,1-4H3;8-9H,1-7H2;3*1-2H3;/q;-1;;;;+1/b8-6+,9-7+,24-14+;;;;;/t25-,26?,27?,28?,29?,30?;;;;;/m1...../s1. The number of nitrogens with zero attached hydrogens (tertiary/aromatic N) is 1. The van der Waals surface area contributed by atoms with Gasteiger partial charge in [-0.1, -0.05) is 123 Å². The van der Waals surface area contributed by atoms with Gasteiger partial charge in [0.2, 0.25) is 0 Å². The van der Waals surface area contributed by atoms with Crippen LogP contribution in [-0.4, -0.2) is 89.6 Å². The molecular weight excluding hydrogens is 786 g/mol. The van der Waals surface area contributed by atoms with E-state index in [2.05, 4.69) is 51.2 Å². The van der Waals surface area contributed by atoms with Crippen LogP contribution >= 0.6 is 0 Å². The summed E-state index contributed by atoms with van der Waals surface area (Å²) in [6.45, 7) is 19.1. The Morgan fingerprint density at radius 1 is 0.983 bits per heavy atom.